The van der Waals surface area contributed by atoms with E-state index in [4.69, 9.17) is 9.15 Å². The van der Waals surface area contributed by atoms with Gasteiger partial charge in [-0.15, -0.1) is 0 Å². The second kappa shape index (κ2) is 6.42. The lowest BCUT2D eigenvalue weighted by atomic mass is 9.97. The molecule has 4 aromatic heterocycles. The van der Waals surface area contributed by atoms with Gasteiger partial charge in [-0.3, -0.25) is 4.98 Å². The summed E-state index contributed by atoms with van der Waals surface area (Å²) in [6.07, 6.45) is 8.49. The van der Waals surface area contributed by atoms with Gasteiger partial charge in [0.05, 0.1) is 11.6 Å². The first-order chi connectivity index (χ1) is 13.7. The van der Waals surface area contributed by atoms with E-state index in [9.17, 15) is 0 Å². The minimum Gasteiger partial charge on any atom is -0.464 e. The Balaban J connectivity index is 1.70. The smallest absolute Gasteiger partial charge is 0.230 e. The van der Waals surface area contributed by atoms with Crippen molar-refractivity contribution in [2.24, 2.45) is 0 Å². The van der Waals surface area contributed by atoms with E-state index < -0.39 is 0 Å². The number of hydrogen-bond acceptors (Lipinski definition) is 6. The largest absolute Gasteiger partial charge is 0.464 e. The molecule has 6 nitrogen and oxygen atoms in total. The summed E-state index contributed by atoms with van der Waals surface area (Å²) in [6, 6.07) is 9.58. The van der Waals surface area contributed by atoms with E-state index >= 15 is 0 Å². The van der Waals surface area contributed by atoms with E-state index in [1.165, 1.54) is 0 Å². The lowest BCUT2D eigenvalue weighted by Crippen LogP contribution is -1.97. The average Bonchev–Trinajstić information content (AvgIpc) is 3.19. The van der Waals surface area contributed by atoms with Gasteiger partial charge in [0, 0.05) is 46.3 Å². The fourth-order valence-corrected chi connectivity index (χ4v) is 3.51. The van der Waals surface area contributed by atoms with Gasteiger partial charge in [-0.05, 0) is 49.7 Å². The molecule has 136 valence electrons. The van der Waals surface area contributed by atoms with Crippen molar-refractivity contribution >= 4 is 21.7 Å². The van der Waals surface area contributed by atoms with Gasteiger partial charge in [-0.25, -0.2) is 15.0 Å². The molecule has 0 spiro atoms. The van der Waals surface area contributed by atoms with Gasteiger partial charge >= 0.3 is 0 Å². The molecule has 0 radical (unpaired) electrons. The first-order valence-electron chi connectivity index (χ1n) is 8.88. The summed E-state index contributed by atoms with van der Waals surface area (Å²) in [5.41, 5.74) is 4.63. The maximum absolute atomic E-state index is 6.18. The van der Waals surface area contributed by atoms with Gasteiger partial charge in [0.25, 0.3) is 0 Å². The van der Waals surface area contributed by atoms with Crippen LogP contribution in [-0.2, 0) is 0 Å². The van der Waals surface area contributed by atoms with Crippen LogP contribution in [0.15, 0.2) is 65.9 Å². The van der Waals surface area contributed by atoms with Crippen molar-refractivity contribution in [2.45, 2.75) is 13.8 Å². The topological polar surface area (TPSA) is 73.9 Å². The zero-order valence-corrected chi connectivity index (χ0v) is 15.4. The molecule has 0 saturated heterocycles. The molecule has 1 aromatic carbocycles. The number of rotatable bonds is 3. The van der Waals surface area contributed by atoms with E-state index in [1.54, 1.807) is 25.0 Å². The van der Waals surface area contributed by atoms with Gasteiger partial charge in [0.15, 0.2) is 0 Å². The van der Waals surface area contributed by atoms with Crippen LogP contribution in [0.2, 0.25) is 0 Å². The first kappa shape index (κ1) is 16.4. The molecule has 0 amide bonds. The third-order valence-corrected chi connectivity index (χ3v) is 4.82. The fraction of sp³-hybridized carbons (Fsp3) is 0.0909. The molecule has 0 fully saturated rings. The van der Waals surface area contributed by atoms with Crippen LogP contribution in [0.1, 0.15) is 11.4 Å². The highest BCUT2D eigenvalue weighted by Gasteiger charge is 2.15. The lowest BCUT2D eigenvalue weighted by Gasteiger charge is -2.14. The number of pyridine rings is 2. The third-order valence-electron chi connectivity index (χ3n) is 4.82. The quantitative estimate of drug-likeness (QED) is 0.433. The maximum Gasteiger partial charge on any atom is 0.230 e. The summed E-state index contributed by atoms with van der Waals surface area (Å²) >= 11 is 0. The molecule has 5 rings (SSSR count). The van der Waals surface area contributed by atoms with E-state index in [-0.39, 0.29) is 0 Å². The van der Waals surface area contributed by atoms with Crippen molar-refractivity contribution in [3.63, 3.8) is 0 Å². The Bertz CT molecular complexity index is 1310. The number of benzene rings is 1. The second-order valence-corrected chi connectivity index (χ2v) is 6.50. The van der Waals surface area contributed by atoms with Gasteiger partial charge in [-0.1, -0.05) is 0 Å². The highest BCUT2D eigenvalue weighted by atomic mass is 16.5. The van der Waals surface area contributed by atoms with Crippen molar-refractivity contribution in [3.8, 4) is 22.8 Å². The van der Waals surface area contributed by atoms with Crippen LogP contribution in [0.4, 0.5) is 0 Å². The van der Waals surface area contributed by atoms with Gasteiger partial charge < -0.3 is 9.15 Å². The molecule has 0 atom stereocenters. The predicted octanol–water partition coefficient (Wildman–Crippen LogP) is 5.24. The zero-order valence-electron chi connectivity index (χ0n) is 15.4. The van der Waals surface area contributed by atoms with Crippen molar-refractivity contribution in [3.05, 3.63) is 72.9 Å². The minimum absolute atomic E-state index is 0.507. The Hall–Kier alpha value is -3.80. The van der Waals surface area contributed by atoms with Crippen LogP contribution in [0.5, 0.6) is 11.6 Å². The van der Waals surface area contributed by atoms with E-state index in [0.29, 0.717) is 11.6 Å². The molecule has 0 unspecified atom stereocenters. The number of nitrogens with zero attached hydrogens (tertiary/aromatic N) is 4. The SMILES string of the molecule is Cc1ncnc(C)c1-c1ccc(Oc2nccc3occc23)c2ccncc12. The van der Waals surface area contributed by atoms with Crippen LogP contribution in [0, 0.1) is 13.8 Å². The lowest BCUT2D eigenvalue weighted by molar-refractivity contribution is 0.474. The molecule has 0 aliphatic carbocycles. The second-order valence-electron chi connectivity index (χ2n) is 6.50. The monoisotopic (exact) mass is 368 g/mol. The molecular weight excluding hydrogens is 352 g/mol. The van der Waals surface area contributed by atoms with E-state index in [1.807, 2.05) is 50.4 Å². The van der Waals surface area contributed by atoms with Crippen LogP contribution in [0.25, 0.3) is 32.9 Å². The molecule has 0 bridgehead atoms. The number of aromatic nitrogens is 4. The Morgan fingerprint density at radius 3 is 2.54 bits per heavy atom. The van der Waals surface area contributed by atoms with Gasteiger partial charge in [0.1, 0.15) is 17.7 Å². The highest BCUT2D eigenvalue weighted by molar-refractivity contribution is 6.00. The minimum atomic E-state index is 0.507. The van der Waals surface area contributed by atoms with Gasteiger partial charge in [-0.2, -0.15) is 0 Å². The standard InChI is InChI=1S/C22H16N4O2/c1-13-21(14(2)26-12-25-13)16-3-4-20(15-5-8-23-11-18(15)16)28-22-17-7-10-27-19(17)6-9-24-22/h3-12H,1-2H3. The van der Waals surface area contributed by atoms with Crippen LogP contribution in [-0.4, -0.2) is 19.9 Å². The Morgan fingerprint density at radius 1 is 0.821 bits per heavy atom. The number of furan rings is 1. The van der Waals surface area contributed by atoms with Crippen molar-refractivity contribution in [1.82, 2.24) is 19.9 Å². The summed E-state index contributed by atoms with van der Waals surface area (Å²) in [5, 5.41) is 2.75. The number of fused-ring (bicyclic) bond motifs is 2. The van der Waals surface area contributed by atoms with Crippen molar-refractivity contribution in [1.29, 1.82) is 0 Å². The Labute approximate surface area is 160 Å². The number of ether oxygens (including phenoxy) is 1. The molecule has 0 aliphatic rings. The first-order valence-corrected chi connectivity index (χ1v) is 8.88. The third kappa shape index (κ3) is 2.58. The van der Waals surface area contributed by atoms with Crippen LogP contribution < -0.4 is 4.74 Å². The summed E-state index contributed by atoms with van der Waals surface area (Å²) in [4.78, 5) is 17.4. The molecule has 6 heteroatoms. The van der Waals surface area contributed by atoms with Crippen molar-refractivity contribution < 1.29 is 9.15 Å². The maximum atomic E-state index is 6.18. The van der Waals surface area contributed by atoms with E-state index in [2.05, 4.69) is 19.9 Å². The highest BCUT2D eigenvalue weighted by Crippen LogP contribution is 2.38. The molecule has 0 N–H and O–H groups in total. The number of aryl methyl sites for hydroxylation is 2. The summed E-state index contributed by atoms with van der Waals surface area (Å²) < 4.78 is 11.6. The fourth-order valence-electron chi connectivity index (χ4n) is 3.51. The summed E-state index contributed by atoms with van der Waals surface area (Å²) in [6.45, 7) is 3.97. The number of hydrogen-bond donors (Lipinski definition) is 0. The normalized spacial score (nSPS) is 11.2. The molecule has 4 heterocycles. The molecule has 5 aromatic rings. The average molecular weight is 368 g/mol. The molecular formula is C22H16N4O2. The molecule has 28 heavy (non-hydrogen) atoms. The summed E-state index contributed by atoms with van der Waals surface area (Å²) in [7, 11) is 0. The van der Waals surface area contributed by atoms with Crippen molar-refractivity contribution in [2.75, 3.05) is 0 Å². The molecule has 0 aliphatic heterocycles. The zero-order chi connectivity index (χ0) is 19.1. The Morgan fingerprint density at radius 2 is 1.68 bits per heavy atom. The van der Waals surface area contributed by atoms with Crippen LogP contribution >= 0.6 is 0 Å². The van der Waals surface area contributed by atoms with Gasteiger partial charge in [0.2, 0.25) is 5.88 Å². The molecule has 0 saturated carbocycles. The van der Waals surface area contributed by atoms with E-state index in [0.717, 1.165) is 44.3 Å². The Kier molecular flexibility index (Phi) is 3.76. The predicted molar refractivity (Wildman–Crippen MR) is 106 cm³/mol. The summed E-state index contributed by atoms with van der Waals surface area (Å²) in [5.74, 6) is 1.21. The van der Waals surface area contributed by atoms with Crippen LogP contribution in [0.3, 0.4) is 0 Å².